The van der Waals surface area contributed by atoms with Gasteiger partial charge in [-0.1, -0.05) is 19.6 Å². The van der Waals surface area contributed by atoms with Crippen molar-refractivity contribution < 1.29 is 23.8 Å². The smallest absolute Gasteiger partial charge is 0.339 e. The van der Waals surface area contributed by atoms with Crippen molar-refractivity contribution in [2.75, 3.05) is 13.4 Å². The number of carboxylic acids is 1. The summed E-state index contributed by atoms with van der Waals surface area (Å²) in [5.41, 5.74) is 0.787. The van der Waals surface area contributed by atoms with Gasteiger partial charge in [0.2, 0.25) is 0 Å². The van der Waals surface area contributed by atoms with Crippen molar-refractivity contribution in [3.63, 3.8) is 0 Å². The van der Waals surface area contributed by atoms with Crippen molar-refractivity contribution in [3.05, 3.63) is 40.6 Å². The second-order valence-electron chi connectivity index (χ2n) is 6.60. The summed E-state index contributed by atoms with van der Waals surface area (Å²) >= 11 is 3.16. The van der Waals surface area contributed by atoms with Crippen LogP contribution in [0, 0.1) is 0 Å². The number of halogens is 1. The lowest BCUT2D eigenvalue weighted by Crippen LogP contribution is -2.22. The van der Waals surface area contributed by atoms with Crippen LogP contribution >= 0.6 is 15.9 Å². The fraction of sp³-hybridized carbons (Fsp3) is 0.353. The molecule has 130 valence electrons. The van der Waals surface area contributed by atoms with E-state index >= 15 is 0 Å². The Balaban J connectivity index is 1.93. The standard InChI is InChI=1S/C17H21BrO5Si/c1-24(2,3)9-8-21-11-22-13-6-4-12(5-7-13)16-14(17(19)20)10-15(18)23-16/h4-7,10H,8-9,11H2,1-3H3,(H,19,20). The van der Waals surface area contributed by atoms with Gasteiger partial charge >= 0.3 is 5.97 Å². The van der Waals surface area contributed by atoms with Gasteiger partial charge in [-0.2, -0.15) is 0 Å². The SMILES string of the molecule is C[Si](C)(C)CCOCOc1ccc(-c2oc(Br)cc2C(=O)O)cc1. The van der Waals surface area contributed by atoms with Crippen LogP contribution in [0.25, 0.3) is 11.3 Å². The quantitative estimate of drug-likeness (QED) is 0.371. The first kappa shape index (κ1) is 18.8. The predicted molar refractivity (Wildman–Crippen MR) is 98.4 cm³/mol. The van der Waals surface area contributed by atoms with Gasteiger partial charge in [-0.15, -0.1) is 0 Å². The molecule has 2 aromatic rings. The molecule has 0 radical (unpaired) electrons. The van der Waals surface area contributed by atoms with E-state index in [1.807, 2.05) is 0 Å². The van der Waals surface area contributed by atoms with Gasteiger partial charge in [0, 0.05) is 26.3 Å². The van der Waals surface area contributed by atoms with Crippen LogP contribution in [-0.2, 0) is 4.74 Å². The number of carboxylic acid groups (broad SMARTS) is 1. The molecule has 0 aliphatic rings. The zero-order valence-electron chi connectivity index (χ0n) is 14.0. The van der Waals surface area contributed by atoms with E-state index in [1.165, 1.54) is 6.07 Å². The Hall–Kier alpha value is -1.57. The van der Waals surface area contributed by atoms with E-state index in [0.717, 1.165) is 6.04 Å². The highest BCUT2D eigenvalue weighted by molar-refractivity contribution is 9.10. The van der Waals surface area contributed by atoms with Crippen LogP contribution in [0.15, 0.2) is 39.4 Å². The van der Waals surface area contributed by atoms with Crippen molar-refractivity contribution in [1.82, 2.24) is 0 Å². The van der Waals surface area contributed by atoms with Crippen molar-refractivity contribution in [2.45, 2.75) is 25.7 Å². The average Bonchev–Trinajstić information content (AvgIpc) is 2.89. The van der Waals surface area contributed by atoms with Gasteiger partial charge in [0.05, 0.1) is 0 Å². The fourth-order valence-electron chi connectivity index (χ4n) is 1.98. The largest absolute Gasteiger partial charge is 0.478 e. The van der Waals surface area contributed by atoms with Gasteiger partial charge in [-0.25, -0.2) is 4.79 Å². The van der Waals surface area contributed by atoms with E-state index in [4.69, 9.17) is 13.9 Å². The van der Waals surface area contributed by atoms with Crippen molar-refractivity contribution in [1.29, 1.82) is 0 Å². The molecule has 1 aromatic heterocycles. The number of aromatic carboxylic acids is 1. The van der Waals surface area contributed by atoms with Gasteiger partial charge in [0.1, 0.15) is 17.1 Å². The molecule has 0 bridgehead atoms. The molecule has 5 nitrogen and oxygen atoms in total. The molecule has 0 aliphatic carbocycles. The monoisotopic (exact) mass is 412 g/mol. The van der Waals surface area contributed by atoms with Crippen LogP contribution in [0.4, 0.5) is 0 Å². The Kier molecular flexibility index (Phi) is 6.25. The molecule has 0 saturated carbocycles. The molecule has 2 rings (SSSR count). The minimum Gasteiger partial charge on any atom is -0.478 e. The molecule has 0 saturated heterocycles. The Bertz CT molecular complexity index is 688. The number of hydrogen-bond acceptors (Lipinski definition) is 4. The Morgan fingerprint density at radius 3 is 2.50 bits per heavy atom. The zero-order chi connectivity index (χ0) is 17.7. The van der Waals surface area contributed by atoms with Crippen molar-refractivity contribution >= 4 is 30.0 Å². The third-order valence-electron chi connectivity index (χ3n) is 3.35. The second kappa shape index (κ2) is 8.00. The minimum atomic E-state index is -1.09. The van der Waals surface area contributed by atoms with E-state index in [1.54, 1.807) is 24.3 Å². The molecule has 24 heavy (non-hydrogen) atoms. The Morgan fingerprint density at radius 1 is 1.25 bits per heavy atom. The number of rotatable bonds is 8. The summed E-state index contributed by atoms with van der Waals surface area (Å²) in [5.74, 6) is -0.0582. The lowest BCUT2D eigenvalue weighted by Gasteiger charge is -2.15. The Labute approximate surface area is 150 Å². The third-order valence-corrected chi connectivity index (χ3v) is 5.45. The molecule has 0 amide bonds. The van der Waals surface area contributed by atoms with Crippen LogP contribution in [0.5, 0.6) is 5.75 Å². The van der Waals surface area contributed by atoms with E-state index in [-0.39, 0.29) is 12.4 Å². The number of benzene rings is 1. The average molecular weight is 413 g/mol. The topological polar surface area (TPSA) is 68.9 Å². The summed E-state index contributed by atoms with van der Waals surface area (Å²) in [6, 6.07) is 9.58. The first-order valence-electron chi connectivity index (χ1n) is 7.60. The van der Waals surface area contributed by atoms with Gasteiger partial charge in [0.25, 0.3) is 0 Å². The van der Waals surface area contributed by atoms with E-state index in [9.17, 15) is 9.90 Å². The van der Waals surface area contributed by atoms with Crippen LogP contribution in [-0.4, -0.2) is 32.5 Å². The first-order chi connectivity index (χ1) is 11.3. The zero-order valence-corrected chi connectivity index (χ0v) is 16.6. The lowest BCUT2D eigenvalue weighted by atomic mass is 10.1. The number of ether oxygens (including phenoxy) is 2. The van der Waals surface area contributed by atoms with Crippen molar-refractivity contribution in [2.24, 2.45) is 0 Å². The van der Waals surface area contributed by atoms with E-state index in [0.29, 0.717) is 28.3 Å². The molecule has 1 heterocycles. The molecule has 0 spiro atoms. The Morgan fingerprint density at radius 2 is 1.92 bits per heavy atom. The second-order valence-corrected chi connectivity index (χ2v) is 13.0. The highest BCUT2D eigenvalue weighted by atomic mass is 79.9. The maximum absolute atomic E-state index is 11.2. The summed E-state index contributed by atoms with van der Waals surface area (Å²) in [6.45, 7) is 7.81. The fourth-order valence-corrected chi connectivity index (χ4v) is 3.13. The third kappa shape index (κ3) is 5.50. The highest BCUT2D eigenvalue weighted by Gasteiger charge is 2.18. The highest BCUT2D eigenvalue weighted by Crippen LogP contribution is 2.31. The maximum atomic E-state index is 11.2. The van der Waals surface area contributed by atoms with Crippen LogP contribution < -0.4 is 4.74 Å². The van der Waals surface area contributed by atoms with Crippen LogP contribution in [0.3, 0.4) is 0 Å². The lowest BCUT2D eigenvalue weighted by molar-refractivity contribution is 0.0220. The van der Waals surface area contributed by atoms with Crippen LogP contribution in [0.2, 0.25) is 25.7 Å². The predicted octanol–water partition coefficient (Wildman–Crippen LogP) is 5.10. The summed E-state index contributed by atoms with van der Waals surface area (Å²) in [4.78, 5) is 11.2. The minimum absolute atomic E-state index is 0.116. The number of carbonyl (C=O) groups is 1. The summed E-state index contributed by atoms with van der Waals surface area (Å²) in [5, 5.41) is 9.20. The molecule has 1 N–H and O–H groups in total. The normalized spacial score (nSPS) is 11.5. The summed E-state index contributed by atoms with van der Waals surface area (Å²) in [6.07, 6.45) is 0. The van der Waals surface area contributed by atoms with Crippen molar-refractivity contribution in [3.8, 4) is 17.1 Å². The van der Waals surface area contributed by atoms with Gasteiger partial charge < -0.3 is 19.0 Å². The molecule has 0 unspecified atom stereocenters. The van der Waals surface area contributed by atoms with Gasteiger partial charge in [-0.05, 0) is 46.2 Å². The van der Waals surface area contributed by atoms with E-state index < -0.39 is 14.0 Å². The molecule has 1 aromatic carbocycles. The van der Waals surface area contributed by atoms with Crippen LogP contribution in [0.1, 0.15) is 10.4 Å². The van der Waals surface area contributed by atoms with Gasteiger partial charge in [0.15, 0.2) is 11.5 Å². The van der Waals surface area contributed by atoms with Gasteiger partial charge in [-0.3, -0.25) is 0 Å². The molecule has 7 heteroatoms. The molecular weight excluding hydrogens is 392 g/mol. The maximum Gasteiger partial charge on any atom is 0.339 e. The number of hydrogen-bond donors (Lipinski definition) is 1. The first-order valence-corrected chi connectivity index (χ1v) is 12.1. The number of furan rings is 1. The summed E-state index contributed by atoms with van der Waals surface area (Å²) < 4.78 is 16.8. The summed E-state index contributed by atoms with van der Waals surface area (Å²) in [7, 11) is -1.09. The molecule has 0 atom stereocenters. The molecule has 0 fully saturated rings. The molecule has 0 aliphatic heterocycles. The van der Waals surface area contributed by atoms with E-state index in [2.05, 4.69) is 35.6 Å². The molecular formula is C17H21BrO5Si.